The molecule has 0 fully saturated rings. The number of halogens is 3. The van der Waals surface area contributed by atoms with E-state index in [1.807, 2.05) is 11.4 Å². The molecule has 0 bridgehead atoms. The zero-order valence-electron chi connectivity index (χ0n) is 14.1. The molecule has 4 nitrogen and oxygen atoms in total. The van der Waals surface area contributed by atoms with Gasteiger partial charge < -0.3 is 9.73 Å². The van der Waals surface area contributed by atoms with Crippen molar-refractivity contribution >= 4 is 34.7 Å². The monoisotopic (exact) mass is 412 g/mol. The van der Waals surface area contributed by atoms with Gasteiger partial charge in [-0.05, 0) is 31.2 Å². The van der Waals surface area contributed by atoms with Crippen LogP contribution >= 0.6 is 23.1 Å². The van der Waals surface area contributed by atoms with E-state index in [4.69, 9.17) is 4.42 Å². The Morgan fingerprint density at radius 3 is 2.78 bits per heavy atom. The van der Waals surface area contributed by atoms with Crippen molar-refractivity contribution in [2.45, 2.75) is 24.1 Å². The number of rotatable bonds is 6. The van der Waals surface area contributed by atoms with Crippen molar-refractivity contribution in [3.63, 3.8) is 0 Å². The van der Waals surface area contributed by atoms with Crippen LogP contribution in [0.4, 0.5) is 18.9 Å². The predicted octanol–water partition coefficient (Wildman–Crippen LogP) is 5.68. The summed E-state index contributed by atoms with van der Waals surface area (Å²) in [4.78, 5) is 16.7. The average molecular weight is 412 g/mol. The van der Waals surface area contributed by atoms with Crippen LogP contribution in [0.1, 0.15) is 18.2 Å². The number of alkyl halides is 3. The molecule has 9 heteroatoms. The Labute approximate surface area is 161 Å². The normalized spacial score (nSPS) is 12.7. The van der Waals surface area contributed by atoms with E-state index in [1.165, 1.54) is 41.3 Å². The average Bonchev–Trinajstić information content (AvgIpc) is 3.30. The van der Waals surface area contributed by atoms with Gasteiger partial charge in [0, 0.05) is 11.1 Å². The van der Waals surface area contributed by atoms with Crippen LogP contribution in [0, 0.1) is 0 Å². The van der Waals surface area contributed by atoms with Crippen LogP contribution in [0.3, 0.4) is 0 Å². The molecule has 142 valence electrons. The topological polar surface area (TPSA) is 55.1 Å². The zero-order chi connectivity index (χ0) is 19.4. The molecule has 3 aromatic rings. The van der Waals surface area contributed by atoms with Crippen LogP contribution in [0.5, 0.6) is 0 Å². The molecule has 1 amide bonds. The maximum Gasteiger partial charge on any atom is 0.418 e. The molecule has 1 aromatic carbocycles. The van der Waals surface area contributed by atoms with Crippen LogP contribution in [0.25, 0.3) is 10.8 Å². The Morgan fingerprint density at radius 1 is 1.30 bits per heavy atom. The Hall–Kier alpha value is -2.26. The molecule has 0 radical (unpaired) electrons. The summed E-state index contributed by atoms with van der Waals surface area (Å²) in [5.74, 6) is 0.649. The minimum atomic E-state index is -4.52. The van der Waals surface area contributed by atoms with Crippen molar-refractivity contribution in [2.75, 3.05) is 5.32 Å². The third-order valence-electron chi connectivity index (χ3n) is 3.62. The Morgan fingerprint density at radius 2 is 2.07 bits per heavy atom. The number of aromatic nitrogens is 1. The number of amides is 1. The number of hydrogen-bond donors (Lipinski definition) is 1. The number of thioether (sulfide) groups is 1. The van der Waals surface area contributed by atoms with Crippen molar-refractivity contribution in [1.82, 2.24) is 4.98 Å². The van der Waals surface area contributed by atoms with E-state index in [-0.39, 0.29) is 5.69 Å². The Bertz CT molecular complexity index is 907. The molecule has 3 rings (SSSR count). The summed E-state index contributed by atoms with van der Waals surface area (Å²) >= 11 is 2.73. The molecule has 2 heterocycles. The van der Waals surface area contributed by atoms with Gasteiger partial charge in [-0.15, -0.1) is 23.1 Å². The number of thiazole rings is 1. The van der Waals surface area contributed by atoms with Crippen molar-refractivity contribution in [2.24, 2.45) is 0 Å². The highest BCUT2D eigenvalue weighted by Gasteiger charge is 2.33. The summed E-state index contributed by atoms with van der Waals surface area (Å²) in [5, 5.41) is 4.44. The number of nitrogens with zero attached hydrogens (tertiary/aromatic N) is 1. The van der Waals surface area contributed by atoms with Gasteiger partial charge in [0.15, 0.2) is 10.8 Å². The second-order valence-corrected chi connectivity index (χ2v) is 7.79. The number of para-hydroxylation sites is 1. The fraction of sp³-hybridized carbons (Fsp3) is 0.222. The molecule has 0 unspecified atom stereocenters. The number of carbonyl (C=O) groups is 1. The first-order valence-corrected chi connectivity index (χ1v) is 9.84. The summed E-state index contributed by atoms with van der Waals surface area (Å²) in [6.45, 7) is 1.65. The maximum atomic E-state index is 13.0. The van der Waals surface area contributed by atoms with Crippen molar-refractivity contribution in [3.05, 3.63) is 59.3 Å². The standard InChI is InChI=1S/C18H15F3N2O2S2/c1-11(16(24)23-14-6-3-2-5-13(14)18(19,20)21)26-9-12-10-27-17(22-12)15-7-4-8-25-15/h2-8,10-11H,9H2,1H3,(H,23,24)/t11-/m0/s1. The second-order valence-electron chi connectivity index (χ2n) is 5.61. The quantitative estimate of drug-likeness (QED) is 0.566. The predicted molar refractivity (Wildman–Crippen MR) is 101 cm³/mol. The van der Waals surface area contributed by atoms with E-state index in [0.717, 1.165) is 16.8 Å². The zero-order valence-corrected chi connectivity index (χ0v) is 15.8. The molecule has 0 saturated heterocycles. The highest BCUT2D eigenvalue weighted by Crippen LogP contribution is 2.35. The Balaban J connectivity index is 1.59. The minimum Gasteiger partial charge on any atom is -0.462 e. The van der Waals surface area contributed by atoms with Crippen LogP contribution in [-0.4, -0.2) is 16.1 Å². The van der Waals surface area contributed by atoms with Crippen LogP contribution in [-0.2, 0) is 16.7 Å². The lowest BCUT2D eigenvalue weighted by Crippen LogP contribution is -2.24. The first-order valence-electron chi connectivity index (χ1n) is 7.91. The van der Waals surface area contributed by atoms with Crippen LogP contribution in [0.15, 0.2) is 52.5 Å². The fourth-order valence-corrected chi connectivity index (χ4v) is 3.92. The van der Waals surface area contributed by atoms with Gasteiger partial charge in [0.2, 0.25) is 5.91 Å². The molecule has 0 spiro atoms. The number of carbonyl (C=O) groups excluding carboxylic acids is 1. The van der Waals surface area contributed by atoms with E-state index < -0.39 is 22.9 Å². The van der Waals surface area contributed by atoms with E-state index in [0.29, 0.717) is 11.5 Å². The smallest absolute Gasteiger partial charge is 0.418 e. The minimum absolute atomic E-state index is 0.240. The fourth-order valence-electron chi connectivity index (χ4n) is 2.25. The lowest BCUT2D eigenvalue weighted by molar-refractivity contribution is -0.137. The molecule has 0 aliphatic carbocycles. The van der Waals surface area contributed by atoms with E-state index in [1.54, 1.807) is 19.3 Å². The Kier molecular flexibility index (Phi) is 5.91. The van der Waals surface area contributed by atoms with E-state index in [9.17, 15) is 18.0 Å². The molecular formula is C18H15F3N2O2S2. The first kappa shape index (κ1) is 19.5. The lowest BCUT2D eigenvalue weighted by atomic mass is 10.1. The van der Waals surface area contributed by atoms with Gasteiger partial charge in [-0.25, -0.2) is 4.98 Å². The maximum absolute atomic E-state index is 13.0. The molecule has 0 aliphatic rings. The van der Waals surface area contributed by atoms with Gasteiger partial charge in [0.1, 0.15) is 0 Å². The van der Waals surface area contributed by atoms with Crippen molar-refractivity contribution < 1.29 is 22.4 Å². The molecule has 1 N–H and O–H groups in total. The molecular weight excluding hydrogens is 397 g/mol. The number of nitrogens with one attached hydrogen (secondary N) is 1. The van der Waals surface area contributed by atoms with Gasteiger partial charge in [-0.3, -0.25) is 4.79 Å². The number of furan rings is 1. The SMILES string of the molecule is C[C@H](SCc1csc(-c2ccco2)n1)C(=O)Nc1ccccc1C(F)(F)F. The third-order valence-corrected chi connectivity index (χ3v) is 5.71. The van der Waals surface area contributed by atoms with E-state index in [2.05, 4.69) is 10.3 Å². The van der Waals surface area contributed by atoms with Crippen molar-refractivity contribution in [3.8, 4) is 10.8 Å². The summed E-state index contributed by atoms with van der Waals surface area (Å²) in [7, 11) is 0. The molecule has 2 aromatic heterocycles. The molecule has 0 saturated carbocycles. The van der Waals surface area contributed by atoms with Crippen molar-refractivity contribution in [1.29, 1.82) is 0 Å². The number of anilines is 1. The van der Waals surface area contributed by atoms with Gasteiger partial charge >= 0.3 is 6.18 Å². The lowest BCUT2D eigenvalue weighted by Gasteiger charge is -2.16. The summed E-state index contributed by atoms with van der Waals surface area (Å²) in [6, 6.07) is 8.51. The highest BCUT2D eigenvalue weighted by molar-refractivity contribution is 7.99. The third kappa shape index (κ3) is 4.92. The summed E-state index contributed by atoms with van der Waals surface area (Å²) in [6.07, 6.45) is -2.96. The number of benzene rings is 1. The largest absolute Gasteiger partial charge is 0.462 e. The van der Waals surface area contributed by atoms with Gasteiger partial charge in [0.05, 0.1) is 28.5 Å². The first-order chi connectivity index (χ1) is 12.8. The van der Waals surface area contributed by atoms with Crippen LogP contribution < -0.4 is 5.32 Å². The van der Waals surface area contributed by atoms with Gasteiger partial charge in [0.25, 0.3) is 0 Å². The molecule has 27 heavy (non-hydrogen) atoms. The van der Waals surface area contributed by atoms with E-state index >= 15 is 0 Å². The second kappa shape index (κ2) is 8.18. The molecule has 1 atom stereocenters. The molecule has 0 aliphatic heterocycles. The van der Waals surface area contributed by atoms with Gasteiger partial charge in [-0.1, -0.05) is 12.1 Å². The summed E-state index contributed by atoms with van der Waals surface area (Å²) < 4.78 is 44.3. The highest BCUT2D eigenvalue weighted by atomic mass is 32.2. The van der Waals surface area contributed by atoms with Crippen LogP contribution in [0.2, 0.25) is 0 Å². The summed E-state index contributed by atoms with van der Waals surface area (Å²) in [5.41, 5.74) is -0.318. The number of hydrogen-bond acceptors (Lipinski definition) is 5. The van der Waals surface area contributed by atoms with Gasteiger partial charge in [-0.2, -0.15) is 13.2 Å².